The normalized spacial score (nSPS) is 11.1. The summed E-state index contributed by atoms with van der Waals surface area (Å²) < 4.78 is 0. The van der Waals surface area contributed by atoms with E-state index in [1.807, 2.05) is 6.08 Å². The van der Waals surface area contributed by atoms with Crippen LogP contribution in [-0.2, 0) is 0 Å². The first-order valence-electron chi connectivity index (χ1n) is 4.78. The number of allylic oxidation sites excluding steroid dienone is 2. The summed E-state index contributed by atoms with van der Waals surface area (Å²) in [6.07, 6.45) is 13.0. The number of rotatable bonds is 7. The van der Waals surface area contributed by atoms with Crippen LogP contribution in [0.5, 0.6) is 0 Å². The average Bonchev–Trinajstić information content (AvgIpc) is 2.03. The van der Waals surface area contributed by atoms with Crippen LogP contribution >= 0.6 is 0 Å². The van der Waals surface area contributed by atoms with Crippen LogP contribution in [0.1, 0.15) is 51.9 Å². The fourth-order valence-corrected chi connectivity index (χ4v) is 1.14. The first-order chi connectivity index (χ1) is 5.41. The Morgan fingerprint density at radius 2 is 1.64 bits per heavy atom. The molecule has 2 radical (unpaired) electrons. The molecule has 0 aromatic carbocycles. The van der Waals surface area contributed by atoms with Gasteiger partial charge in [0.1, 0.15) is 0 Å². The molecule has 0 aromatic heterocycles. The molecule has 0 aliphatic carbocycles. The predicted octanol–water partition coefficient (Wildman–Crippen LogP) is 4.00. The minimum atomic E-state index is 1.16. The summed E-state index contributed by atoms with van der Waals surface area (Å²) in [7, 11) is 0. The van der Waals surface area contributed by atoms with Gasteiger partial charge in [0.15, 0.2) is 0 Å². The predicted molar refractivity (Wildman–Crippen MR) is 51.4 cm³/mol. The molecule has 0 aliphatic heterocycles. The van der Waals surface area contributed by atoms with E-state index in [9.17, 15) is 0 Å². The van der Waals surface area contributed by atoms with Crippen molar-refractivity contribution in [3.8, 4) is 0 Å². The quantitative estimate of drug-likeness (QED) is 0.484. The van der Waals surface area contributed by atoms with Crippen molar-refractivity contribution >= 4 is 0 Å². The molecule has 0 saturated heterocycles. The van der Waals surface area contributed by atoms with Gasteiger partial charge in [0.25, 0.3) is 0 Å². The Bertz CT molecular complexity index is 82.0. The Morgan fingerprint density at radius 3 is 2.27 bits per heavy atom. The Morgan fingerprint density at radius 1 is 1.00 bits per heavy atom. The molecule has 0 atom stereocenters. The summed E-state index contributed by atoms with van der Waals surface area (Å²) >= 11 is 0. The third kappa shape index (κ3) is 9.74. The van der Waals surface area contributed by atoms with Crippen molar-refractivity contribution in [1.82, 2.24) is 0 Å². The molecular formula is C11H20. The molecule has 0 aliphatic rings. The molecule has 0 heterocycles. The zero-order valence-corrected chi connectivity index (χ0v) is 7.68. The highest BCUT2D eigenvalue weighted by molar-refractivity contribution is 4.83. The first kappa shape index (κ1) is 10.7. The fraction of sp³-hybridized carbons (Fsp3) is 0.727. The maximum Gasteiger partial charge on any atom is -0.00958 e. The lowest BCUT2D eigenvalue weighted by Crippen LogP contribution is -1.77. The molecule has 0 aromatic rings. The van der Waals surface area contributed by atoms with E-state index in [-0.39, 0.29) is 0 Å². The highest BCUT2D eigenvalue weighted by Crippen LogP contribution is 2.06. The van der Waals surface area contributed by atoms with Crippen LogP contribution in [0, 0.1) is 6.92 Å². The first-order valence-corrected chi connectivity index (χ1v) is 4.78. The lowest BCUT2D eigenvalue weighted by molar-refractivity contribution is 0.611. The molecule has 11 heavy (non-hydrogen) atoms. The van der Waals surface area contributed by atoms with Gasteiger partial charge in [-0.3, -0.25) is 0 Å². The maximum atomic E-state index is 5.21. The van der Waals surface area contributed by atoms with Gasteiger partial charge in [-0.15, -0.1) is 0 Å². The molecule has 0 amide bonds. The van der Waals surface area contributed by atoms with Crippen molar-refractivity contribution in [2.24, 2.45) is 0 Å². The van der Waals surface area contributed by atoms with Gasteiger partial charge in [-0.25, -0.2) is 0 Å². The van der Waals surface area contributed by atoms with Crippen LogP contribution in [0.3, 0.4) is 0 Å². The van der Waals surface area contributed by atoms with Crippen molar-refractivity contribution < 1.29 is 0 Å². The van der Waals surface area contributed by atoms with Crippen LogP contribution in [0.4, 0.5) is 0 Å². The lowest BCUT2D eigenvalue weighted by atomic mass is 10.1. The van der Waals surface area contributed by atoms with Gasteiger partial charge in [0, 0.05) is 0 Å². The van der Waals surface area contributed by atoms with E-state index in [1.54, 1.807) is 6.08 Å². The van der Waals surface area contributed by atoms with Gasteiger partial charge < -0.3 is 0 Å². The van der Waals surface area contributed by atoms with Crippen molar-refractivity contribution in [2.45, 2.75) is 51.9 Å². The van der Waals surface area contributed by atoms with Gasteiger partial charge in [-0.1, -0.05) is 51.2 Å². The second-order valence-electron chi connectivity index (χ2n) is 2.98. The Hall–Kier alpha value is -0.260. The number of hydrogen-bond donors (Lipinski definition) is 0. The SMILES string of the molecule is [CH]/C=C/CCCCCCCC. The molecule has 0 N–H and O–H groups in total. The molecule has 0 heteroatoms. The Labute approximate surface area is 71.7 Å². The third-order valence-corrected chi connectivity index (χ3v) is 1.86. The highest BCUT2D eigenvalue weighted by Gasteiger charge is 1.86. The number of hydrogen-bond acceptors (Lipinski definition) is 0. The molecule has 0 rings (SSSR count). The van der Waals surface area contributed by atoms with Gasteiger partial charge in [-0.05, 0) is 19.8 Å². The molecular weight excluding hydrogens is 132 g/mol. The van der Waals surface area contributed by atoms with Gasteiger partial charge in [0.05, 0.1) is 0 Å². The van der Waals surface area contributed by atoms with E-state index >= 15 is 0 Å². The molecule has 0 fully saturated rings. The molecule has 0 spiro atoms. The smallest absolute Gasteiger partial charge is 0.00958 e. The van der Waals surface area contributed by atoms with Crippen LogP contribution < -0.4 is 0 Å². The topological polar surface area (TPSA) is 0 Å². The summed E-state index contributed by atoms with van der Waals surface area (Å²) in [5, 5.41) is 0. The average molecular weight is 152 g/mol. The minimum absolute atomic E-state index is 1.16. The summed E-state index contributed by atoms with van der Waals surface area (Å²) in [6.45, 7) is 7.46. The van der Waals surface area contributed by atoms with E-state index in [4.69, 9.17) is 6.92 Å². The molecule has 0 bridgehead atoms. The summed E-state index contributed by atoms with van der Waals surface area (Å²) in [5.41, 5.74) is 0. The largest absolute Gasteiger partial charge is 0.0882 e. The van der Waals surface area contributed by atoms with E-state index in [0.717, 1.165) is 6.42 Å². The summed E-state index contributed by atoms with van der Waals surface area (Å²) in [6, 6.07) is 0. The summed E-state index contributed by atoms with van der Waals surface area (Å²) in [4.78, 5) is 0. The van der Waals surface area contributed by atoms with Gasteiger partial charge in [0.2, 0.25) is 0 Å². The number of unbranched alkanes of at least 4 members (excludes halogenated alkanes) is 6. The Balaban J connectivity index is 2.79. The maximum absolute atomic E-state index is 5.21. The molecule has 64 valence electrons. The molecule has 0 nitrogen and oxygen atoms in total. The molecule has 0 unspecified atom stereocenters. The van der Waals surface area contributed by atoms with Crippen LogP contribution in [-0.4, -0.2) is 0 Å². The lowest BCUT2D eigenvalue weighted by Gasteiger charge is -1.96. The van der Waals surface area contributed by atoms with Crippen LogP contribution in [0.15, 0.2) is 12.2 Å². The van der Waals surface area contributed by atoms with Crippen LogP contribution in [0.2, 0.25) is 0 Å². The van der Waals surface area contributed by atoms with Crippen LogP contribution in [0.25, 0.3) is 0 Å². The van der Waals surface area contributed by atoms with Crippen molar-refractivity contribution in [3.63, 3.8) is 0 Å². The van der Waals surface area contributed by atoms with Crippen molar-refractivity contribution in [3.05, 3.63) is 19.1 Å². The zero-order valence-electron chi connectivity index (χ0n) is 7.68. The third-order valence-electron chi connectivity index (χ3n) is 1.86. The minimum Gasteiger partial charge on any atom is -0.0882 e. The van der Waals surface area contributed by atoms with E-state index in [1.165, 1.54) is 38.5 Å². The zero-order chi connectivity index (χ0) is 8.36. The highest BCUT2D eigenvalue weighted by atomic mass is 13.9. The van der Waals surface area contributed by atoms with E-state index in [0.29, 0.717) is 0 Å². The summed E-state index contributed by atoms with van der Waals surface area (Å²) in [5.74, 6) is 0. The van der Waals surface area contributed by atoms with Gasteiger partial charge >= 0.3 is 0 Å². The van der Waals surface area contributed by atoms with Crippen molar-refractivity contribution in [1.29, 1.82) is 0 Å². The van der Waals surface area contributed by atoms with E-state index in [2.05, 4.69) is 6.92 Å². The second-order valence-corrected chi connectivity index (χ2v) is 2.98. The second kappa shape index (κ2) is 9.74. The fourth-order valence-electron chi connectivity index (χ4n) is 1.14. The Kier molecular flexibility index (Phi) is 9.51. The molecule has 0 saturated carbocycles. The monoisotopic (exact) mass is 152 g/mol. The van der Waals surface area contributed by atoms with Gasteiger partial charge in [-0.2, -0.15) is 0 Å². The van der Waals surface area contributed by atoms with Crippen molar-refractivity contribution in [2.75, 3.05) is 0 Å². The standard InChI is InChI=1S/C11H20/c1-3-5-7-9-11-10-8-6-4-2/h1,3,5H,4,6-11H2,2H3/b5-3+. The van der Waals surface area contributed by atoms with E-state index < -0.39 is 0 Å².